The van der Waals surface area contributed by atoms with Gasteiger partial charge >= 0.3 is 0 Å². The maximum absolute atomic E-state index is 9.27. The Morgan fingerprint density at radius 3 is 2.88 bits per heavy atom. The summed E-state index contributed by atoms with van der Waals surface area (Å²) in [5.41, 5.74) is 1.08. The average Bonchev–Trinajstić information content (AvgIpc) is 2.70. The molecule has 1 atom stereocenters. The van der Waals surface area contributed by atoms with Crippen LogP contribution in [0.3, 0.4) is 0 Å². The van der Waals surface area contributed by atoms with E-state index in [-0.39, 0.29) is 6.61 Å². The van der Waals surface area contributed by atoms with Gasteiger partial charge in [-0.2, -0.15) is 0 Å². The van der Waals surface area contributed by atoms with E-state index in [4.69, 9.17) is 0 Å². The number of rotatable bonds is 5. The molecule has 1 aromatic heterocycles. The molecule has 3 heteroatoms. The van der Waals surface area contributed by atoms with Crippen molar-refractivity contribution in [1.29, 1.82) is 0 Å². The Balaban J connectivity index is 2.14. The van der Waals surface area contributed by atoms with Crippen molar-refractivity contribution in [3.8, 4) is 0 Å². The molecule has 1 aromatic carbocycles. The summed E-state index contributed by atoms with van der Waals surface area (Å²) in [5.74, 6) is 0.366. The molecule has 2 rings (SSSR count). The van der Waals surface area contributed by atoms with Crippen molar-refractivity contribution in [3.05, 3.63) is 29.3 Å². The number of nitrogens with zero attached hydrogens (tertiary/aromatic N) is 1. The normalized spacial score (nSPS) is 13.1. The molecule has 0 spiro atoms. The van der Waals surface area contributed by atoms with Gasteiger partial charge in [-0.05, 0) is 24.5 Å². The Morgan fingerprint density at radius 2 is 2.19 bits per heavy atom. The molecule has 16 heavy (non-hydrogen) atoms. The molecule has 0 bridgehead atoms. The lowest BCUT2D eigenvalue weighted by Crippen LogP contribution is -2.08. The minimum Gasteiger partial charge on any atom is -0.396 e. The van der Waals surface area contributed by atoms with E-state index in [0.717, 1.165) is 29.8 Å². The van der Waals surface area contributed by atoms with Gasteiger partial charge in [-0.15, -0.1) is 11.3 Å². The Morgan fingerprint density at radius 1 is 1.38 bits per heavy atom. The Bertz CT molecular complexity index is 419. The number of benzene rings is 1. The monoisotopic (exact) mass is 235 g/mol. The molecule has 0 aliphatic rings. The maximum Gasteiger partial charge on any atom is 0.0942 e. The van der Waals surface area contributed by atoms with Crippen LogP contribution in [-0.2, 0) is 6.42 Å². The smallest absolute Gasteiger partial charge is 0.0942 e. The largest absolute Gasteiger partial charge is 0.396 e. The molecule has 0 fully saturated rings. The highest BCUT2D eigenvalue weighted by Gasteiger charge is 2.11. The van der Waals surface area contributed by atoms with Crippen molar-refractivity contribution in [2.24, 2.45) is 5.92 Å². The third-order valence-electron chi connectivity index (χ3n) is 2.76. The highest BCUT2D eigenvalue weighted by Crippen LogP contribution is 2.24. The van der Waals surface area contributed by atoms with Gasteiger partial charge in [-0.25, -0.2) is 4.98 Å². The van der Waals surface area contributed by atoms with Crippen molar-refractivity contribution < 1.29 is 5.11 Å². The predicted molar refractivity (Wildman–Crippen MR) is 68.8 cm³/mol. The van der Waals surface area contributed by atoms with Gasteiger partial charge in [0.2, 0.25) is 0 Å². The van der Waals surface area contributed by atoms with E-state index in [1.165, 1.54) is 4.70 Å². The minimum atomic E-state index is 0.268. The summed E-state index contributed by atoms with van der Waals surface area (Å²) < 4.78 is 1.24. The summed E-state index contributed by atoms with van der Waals surface area (Å²) in [6, 6.07) is 8.20. The Kier molecular flexibility index (Phi) is 3.91. The standard InChI is InChI=1S/C13H17NOS/c1-2-5-10(9-15)8-13-14-11-6-3-4-7-12(11)16-13/h3-4,6-7,10,15H,2,5,8-9H2,1H3. The first-order valence-corrected chi connectivity index (χ1v) is 6.60. The van der Waals surface area contributed by atoms with Crippen molar-refractivity contribution in [3.63, 3.8) is 0 Å². The highest BCUT2D eigenvalue weighted by atomic mass is 32.1. The van der Waals surface area contributed by atoms with E-state index in [2.05, 4.69) is 18.0 Å². The summed E-state index contributed by atoms with van der Waals surface area (Å²) in [6.07, 6.45) is 3.10. The second kappa shape index (κ2) is 5.41. The van der Waals surface area contributed by atoms with Gasteiger partial charge in [0.05, 0.1) is 15.2 Å². The van der Waals surface area contributed by atoms with E-state index in [0.29, 0.717) is 5.92 Å². The van der Waals surface area contributed by atoms with E-state index < -0.39 is 0 Å². The van der Waals surface area contributed by atoms with E-state index in [1.54, 1.807) is 11.3 Å². The Labute approximate surface area is 100.0 Å². The molecule has 2 nitrogen and oxygen atoms in total. The van der Waals surface area contributed by atoms with E-state index >= 15 is 0 Å². The van der Waals surface area contributed by atoms with Gasteiger partial charge in [0.15, 0.2) is 0 Å². The number of hydrogen-bond donors (Lipinski definition) is 1. The summed E-state index contributed by atoms with van der Waals surface area (Å²) in [7, 11) is 0. The number of fused-ring (bicyclic) bond motifs is 1. The second-order valence-corrected chi connectivity index (χ2v) is 5.23. The van der Waals surface area contributed by atoms with Gasteiger partial charge in [0.1, 0.15) is 0 Å². The van der Waals surface area contributed by atoms with Gasteiger partial charge in [0.25, 0.3) is 0 Å². The van der Waals surface area contributed by atoms with Crippen molar-refractivity contribution in [2.75, 3.05) is 6.61 Å². The number of aliphatic hydroxyl groups excluding tert-OH is 1. The number of thiazole rings is 1. The Hall–Kier alpha value is -0.930. The number of para-hydroxylation sites is 1. The zero-order valence-corrected chi connectivity index (χ0v) is 10.3. The van der Waals surface area contributed by atoms with Crippen LogP contribution in [0.25, 0.3) is 10.2 Å². The molecule has 2 aromatic rings. The minimum absolute atomic E-state index is 0.268. The fraction of sp³-hybridized carbons (Fsp3) is 0.462. The molecule has 1 N–H and O–H groups in total. The molecule has 0 saturated heterocycles. The fourth-order valence-electron chi connectivity index (χ4n) is 1.92. The van der Waals surface area contributed by atoms with Crippen LogP contribution in [0.15, 0.2) is 24.3 Å². The van der Waals surface area contributed by atoms with E-state index in [9.17, 15) is 5.11 Å². The topological polar surface area (TPSA) is 33.1 Å². The van der Waals surface area contributed by atoms with Crippen LogP contribution in [0.4, 0.5) is 0 Å². The molecule has 0 amide bonds. The molecule has 86 valence electrons. The van der Waals surface area contributed by atoms with Crippen molar-refractivity contribution in [2.45, 2.75) is 26.2 Å². The molecule has 1 heterocycles. The fourth-order valence-corrected chi connectivity index (χ4v) is 3.00. The molecule has 0 saturated carbocycles. The molecular weight excluding hydrogens is 218 g/mol. The number of aliphatic hydroxyl groups is 1. The average molecular weight is 235 g/mol. The first-order chi connectivity index (χ1) is 7.83. The van der Waals surface area contributed by atoms with Crippen LogP contribution in [0, 0.1) is 5.92 Å². The van der Waals surface area contributed by atoms with Crippen LogP contribution in [0.1, 0.15) is 24.8 Å². The third kappa shape index (κ3) is 2.60. The van der Waals surface area contributed by atoms with Gasteiger partial charge < -0.3 is 5.11 Å². The van der Waals surface area contributed by atoms with Crippen LogP contribution in [-0.4, -0.2) is 16.7 Å². The van der Waals surface area contributed by atoms with Crippen LogP contribution < -0.4 is 0 Å². The first kappa shape index (κ1) is 11.6. The quantitative estimate of drug-likeness (QED) is 0.863. The SMILES string of the molecule is CCCC(CO)Cc1nc2ccccc2s1. The molecule has 0 aliphatic carbocycles. The van der Waals surface area contributed by atoms with Gasteiger partial charge in [0, 0.05) is 13.0 Å². The van der Waals surface area contributed by atoms with E-state index in [1.807, 2.05) is 18.2 Å². The van der Waals surface area contributed by atoms with Crippen LogP contribution in [0.5, 0.6) is 0 Å². The number of hydrogen-bond acceptors (Lipinski definition) is 3. The lowest BCUT2D eigenvalue weighted by Gasteiger charge is -2.09. The van der Waals surface area contributed by atoms with Gasteiger partial charge in [-0.3, -0.25) is 0 Å². The zero-order valence-electron chi connectivity index (χ0n) is 9.52. The van der Waals surface area contributed by atoms with Crippen LogP contribution in [0.2, 0.25) is 0 Å². The summed E-state index contributed by atoms with van der Waals surface area (Å²) in [4.78, 5) is 4.59. The predicted octanol–water partition coefficient (Wildman–Crippen LogP) is 3.25. The third-order valence-corrected chi connectivity index (χ3v) is 3.82. The molecule has 0 radical (unpaired) electrons. The molecule has 1 unspecified atom stereocenters. The number of aromatic nitrogens is 1. The molecular formula is C13H17NOS. The van der Waals surface area contributed by atoms with Crippen LogP contribution >= 0.6 is 11.3 Å². The van der Waals surface area contributed by atoms with Gasteiger partial charge in [-0.1, -0.05) is 25.5 Å². The summed E-state index contributed by atoms with van der Waals surface area (Å²) >= 11 is 1.74. The van der Waals surface area contributed by atoms with Crippen molar-refractivity contribution in [1.82, 2.24) is 4.98 Å². The molecule has 0 aliphatic heterocycles. The lowest BCUT2D eigenvalue weighted by atomic mass is 10.0. The first-order valence-electron chi connectivity index (χ1n) is 5.78. The summed E-state index contributed by atoms with van der Waals surface area (Å²) in [5, 5.41) is 10.4. The van der Waals surface area contributed by atoms with Crippen molar-refractivity contribution >= 4 is 21.6 Å². The lowest BCUT2D eigenvalue weighted by molar-refractivity contribution is 0.217. The second-order valence-electron chi connectivity index (χ2n) is 4.12. The highest BCUT2D eigenvalue weighted by molar-refractivity contribution is 7.18. The summed E-state index contributed by atoms with van der Waals surface area (Å²) in [6.45, 7) is 2.42. The zero-order chi connectivity index (χ0) is 11.4. The maximum atomic E-state index is 9.27.